The van der Waals surface area contributed by atoms with Gasteiger partial charge in [0.15, 0.2) is 0 Å². The van der Waals surface area contributed by atoms with Gasteiger partial charge in [0.2, 0.25) is 5.91 Å². The Morgan fingerprint density at radius 3 is 1.26 bits per heavy atom. The fourth-order valence-corrected chi connectivity index (χ4v) is 8.49. The number of unbranched alkanes of at least 4 members (excludes halogenated alkanes) is 7. The number of hydrogen-bond donors (Lipinski definition) is 1. The van der Waals surface area contributed by atoms with E-state index >= 15 is 0 Å². The second kappa shape index (κ2) is 55.2. The number of rotatable bonds is 29. The number of ether oxygens (including phenoxy) is 6. The summed E-state index contributed by atoms with van der Waals surface area (Å²) in [5, 5.41) is 11.4. The molecule has 2 aromatic carbocycles. The van der Waals surface area contributed by atoms with Crippen molar-refractivity contribution in [2.75, 3.05) is 46.5 Å². The van der Waals surface area contributed by atoms with Gasteiger partial charge in [0, 0.05) is 43.9 Å². The fraction of sp³-hybridized carbons (Fsp3) is 0.744. The van der Waals surface area contributed by atoms with Crippen LogP contribution in [0, 0.1) is 49.2 Å². The maximum Gasteiger partial charge on any atom is 0.337 e. The molecule has 0 radical (unpaired) electrons. The maximum atomic E-state index is 12.1. The van der Waals surface area contributed by atoms with E-state index in [4.69, 9.17) is 19.5 Å². The molecule has 556 valence electrons. The lowest BCUT2D eigenvalue weighted by molar-refractivity contribution is -0.143. The molecule has 1 amide bonds. The monoisotopic (exact) mass is 1350 g/mol. The first-order chi connectivity index (χ1) is 44.2. The largest absolute Gasteiger partial charge is 0.494 e. The van der Waals surface area contributed by atoms with E-state index in [1.165, 1.54) is 83.5 Å². The van der Waals surface area contributed by atoms with Crippen molar-refractivity contribution in [3.63, 3.8) is 0 Å². The summed E-state index contributed by atoms with van der Waals surface area (Å²) in [6, 6.07) is 15.4. The zero-order valence-corrected chi connectivity index (χ0v) is 66.9. The molecule has 14 nitrogen and oxygen atoms in total. The Morgan fingerprint density at radius 2 is 0.865 bits per heavy atom. The molecule has 0 saturated heterocycles. The number of amides is 1. The number of hydrogen-bond acceptors (Lipinski definition) is 13. The number of nitriles is 1. The number of nitrogens with one attached hydrogen (secondary N) is 1. The van der Waals surface area contributed by atoms with Crippen LogP contribution in [-0.4, -0.2) is 76.9 Å². The van der Waals surface area contributed by atoms with Gasteiger partial charge in [0.1, 0.15) is 5.75 Å². The summed E-state index contributed by atoms with van der Waals surface area (Å²) in [5.41, 5.74) is 6.15. The molecule has 0 heterocycles. The average Bonchev–Trinajstić information content (AvgIpc) is 0.878. The summed E-state index contributed by atoms with van der Waals surface area (Å²) in [6.45, 7) is 55.4. The molecule has 1 N–H and O–H groups in total. The predicted molar refractivity (Wildman–Crippen MR) is 402 cm³/mol. The standard InChI is InChI=1S/C16H25NO.C14H20O3.C12H24O2.C11H21N.C10H20O2.C10H18O2.C9H18O2/c1-6-12-9-8-10-13(7-2)15(12)17-14(18)11-16(3,4)5;1-14(2,3)9-10-17-12-7-5-11(6-8-12)13(15)16-4;1-5-14-11(13)9-7-6-8-10-12(2,3)4;1-11(2,3)9-7-5-4-6-8-10-12;1-10(2,3)8-6-5-7-9(11)12-4;1-5-12-9(11)7-6-8-10(2,3)4;1-9(2,3)7-5-6-8(10)11-4/h8-10H,6-7,11H2,1-5H3,(H,17,18);5-8H,9-10H2,1-4H3;5-10H2,1-4H3;4-9H2,1-3H3;5-8H2,1-4H3;6-7H,5,8H2,1-4H3;5-7H2,1-4H3/b;;;;;7-6+;. The molecule has 0 saturated carbocycles. The van der Waals surface area contributed by atoms with Crippen molar-refractivity contribution in [2.45, 2.75) is 321 Å². The van der Waals surface area contributed by atoms with Gasteiger partial charge in [-0.2, -0.15) is 5.26 Å². The van der Waals surface area contributed by atoms with Crippen LogP contribution in [0.5, 0.6) is 5.75 Å². The molecule has 0 aromatic heterocycles. The van der Waals surface area contributed by atoms with Gasteiger partial charge in [-0.25, -0.2) is 9.59 Å². The van der Waals surface area contributed by atoms with Crippen molar-refractivity contribution in [3.05, 3.63) is 71.3 Å². The Bertz CT molecular complexity index is 2380. The number of benzene rings is 2. The van der Waals surface area contributed by atoms with Crippen LogP contribution in [0.4, 0.5) is 5.69 Å². The number of carbonyl (C=O) groups excluding carboxylic acids is 6. The molecule has 0 unspecified atom stereocenters. The third-order valence-electron chi connectivity index (χ3n) is 14.0. The van der Waals surface area contributed by atoms with Crippen LogP contribution in [0.2, 0.25) is 0 Å². The molecule has 0 aliphatic carbocycles. The van der Waals surface area contributed by atoms with Crippen molar-refractivity contribution in [1.82, 2.24) is 0 Å². The van der Waals surface area contributed by atoms with Gasteiger partial charge >= 0.3 is 29.8 Å². The fourth-order valence-electron chi connectivity index (χ4n) is 8.49. The smallest absolute Gasteiger partial charge is 0.337 e. The van der Waals surface area contributed by atoms with Gasteiger partial charge < -0.3 is 33.7 Å². The number of aryl methyl sites for hydroxylation is 2. The highest BCUT2D eigenvalue weighted by Crippen LogP contribution is 2.28. The van der Waals surface area contributed by atoms with E-state index in [0.29, 0.717) is 72.7 Å². The lowest BCUT2D eigenvalue weighted by atomic mass is 9.89. The number of methoxy groups -OCH3 is 3. The SMILES string of the molecule is CC(C)(C)CCCCCCC#N.CCOC(=O)/C=C/CC(C)(C)C.CCOC(=O)CCCCCC(C)(C)C.CCc1cccc(CC)c1NC(=O)CC(C)(C)C.COC(=O)CCCC(C)(C)C.COC(=O)CCCCC(C)(C)C.COC(=O)c1ccc(OCCC(C)(C)C)cc1. The molecule has 0 fully saturated rings. The van der Waals surface area contributed by atoms with Crippen LogP contribution >= 0.6 is 0 Å². The highest BCUT2D eigenvalue weighted by atomic mass is 16.5. The first-order valence-electron chi connectivity index (χ1n) is 35.9. The molecule has 0 aliphatic heterocycles. The summed E-state index contributed by atoms with van der Waals surface area (Å²) in [7, 11) is 4.24. The molecule has 0 atom stereocenters. The van der Waals surface area contributed by atoms with Gasteiger partial charge in [0.25, 0.3) is 0 Å². The maximum absolute atomic E-state index is 12.1. The number of allylic oxidation sites excluding steroid dienone is 1. The van der Waals surface area contributed by atoms with Crippen molar-refractivity contribution in [1.29, 1.82) is 5.26 Å². The van der Waals surface area contributed by atoms with Gasteiger partial charge in [0.05, 0.1) is 52.8 Å². The Hall–Kier alpha value is -5.71. The van der Waals surface area contributed by atoms with Crippen LogP contribution in [0.1, 0.15) is 329 Å². The van der Waals surface area contributed by atoms with Crippen LogP contribution in [0.15, 0.2) is 54.6 Å². The Balaban J connectivity index is -0.000000338. The quantitative estimate of drug-likeness (QED) is 0.0350. The normalized spacial score (nSPS) is 11.4. The average molecular weight is 1350 g/mol. The first kappa shape index (κ1) is 99.0. The third-order valence-corrected chi connectivity index (χ3v) is 14.0. The highest BCUT2D eigenvalue weighted by Gasteiger charge is 2.19. The number of nitrogens with zero attached hydrogens (tertiary/aromatic N) is 1. The molecule has 96 heavy (non-hydrogen) atoms. The first-order valence-corrected chi connectivity index (χ1v) is 35.9. The zero-order valence-electron chi connectivity index (χ0n) is 66.9. The number of esters is 5. The van der Waals surface area contributed by atoms with E-state index in [9.17, 15) is 28.8 Å². The minimum absolute atomic E-state index is 0.0254. The Kier molecular flexibility index (Phi) is 56.9. The van der Waals surface area contributed by atoms with Gasteiger partial charge in [-0.3, -0.25) is 19.2 Å². The lowest BCUT2D eigenvalue weighted by Crippen LogP contribution is -2.21. The van der Waals surface area contributed by atoms with E-state index in [2.05, 4.69) is 203 Å². The number of carbonyl (C=O) groups is 6. The Morgan fingerprint density at radius 1 is 0.458 bits per heavy atom. The van der Waals surface area contributed by atoms with Gasteiger partial charge in [-0.05, 0) is 164 Å². The van der Waals surface area contributed by atoms with Crippen molar-refractivity contribution < 1.29 is 57.2 Å². The zero-order chi connectivity index (χ0) is 75.3. The van der Waals surface area contributed by atoms with E-state index in [-0.39, 0.29) is 52.0 Å². The minimum atomic E-state index is -0.328. The summed E-state index contributed by atoms with van der Waals surface area (Å²) >= 11 is 0. The molecular weight excluding hydrogens is 1200 g/mol. The third kappa shape index (κ3) is 75.7. The second-order valence-corrected chi connectivity index (χ2v) is 32.9. The van der Waals surface area contributed by atoms with E-state index in [0.717, 1.165) is 88.5 Å². The van der Waals surface area contributed by atoms with Crippen LogP contribution < -0.4 is 10.1 Å². The Labute approximate surface area is 589 Å². The van der Waals surface area contributed by atoms with E-state index in [1.807, 2.05) is 13.0 Å². The predicted octanol–water partition coefficient (Wildman–Crippen LogP) is 22.6. The second-order valence-electron chi connectivity index (χ2n) is 32.9. The molecule has 0 bridgehead atoms. The molecule has 0 spiro atoms. The molecule has 2 aromatic rings. The molecule has 14 heteroatoms. The van der Waals surface area contributed by atoms with Crippen molar-refractivity contribution in [3.8, 4) is 11.8 Å². The highest BCUT2D eigenvalue weighted by molar-refractivity contribution is 5.93. The van der Waals surface area contributed by atoms with E-state index in [1.54, 1.807) is 31.2 Å². The molecule has 2 rings (SSSR count). The van der Waals surface area contributed by atoms with Gasteiger partial charge in [-0.15, -0.1) is 0 Å². The lowest BCUT2D eigenvalue weighted by Gasteiger charge is -2.19. The summed E-state index contributed by atoms with van der Waals surface area (Å²) in [5.74, 6) is 0.0643. The van der Waals surface area contributed by atoms with Crippen molar-refractivity contribution in [2.24, 2.45) is 37.9 Å². The number of para-hydroxylation sites is 1. The molecular formula is C82H146N2O12. The minimum Gasteiger partial charge on any atom is -0.494 e. The summed E-state index contributed by atoms with van der Waals surface area (Å²) in [6.07, 6.45) is 26.1. The van der Waals surface area contributed by atoms with Crippen LogP contribution in [0.25, 0.3) is 0 Å². The number of anilines is 1. The van der Waals surface area contributed by atoms with E-state index < -0.39 is 0 Å². The van der Waals surface area contributed by atoms with Crippen LogP contribution in [-0.2, 0) is 60.5 Å². The van der Waals surface area contributed by atoms with Gasteiger partial charge in [-0.1, -0.05) is 222 Å². The van der Waals surface area contributed by atoms with Crippen LogP contribution in [0.3, 0.4) is 0 Å². The summed E-state index contributed by atoms with van der Waals surface area (Å²) in [4.78, 5) is 66.5. The summed E-state index contributed by atoms with van der Waals surface area (Å²) < 4.78 is 28.9. The molecule has 0 aliphatic rings. The van der Waals surface area contributed by atoms with Crippen molar-refractivity contribution >= 4 is 41.4 Å². The topological polar surface area (TPSA) is 194 Å².